The zero-order chi connectivity index (χ0) is 13.3. The van der Waals surface area contributed by atoms with Gasteiger partial charge in [-0.1, -0.05) is 34.1 Å². The molecule has 1 aromatic carbocycles. The number of amides is 1. The van der Waals surface area contributed by atoms with E-state index < -0.39 is 21.9 Å². The molecular weight excluding hydrogens is 304 g/mol. The van der Waals surface area contributed by atoms with Crippen molar-refractivity contribution in [3.05, 3.63) is 59.2 Å². The van der Waals surface area contributed by atoms with Crippen LogP contribution in [0, 0.1) is 5.82 Å². The number of carbonyl (C=O) groups excluding carboxylic acids is 1. The molecule has 0 saturated carbocycles. The van der Waals surface area contributed by atoms with Crippen LogP contribution < -0.4 is 5.73 Å². The van der Waals surface area contributed by atoms with Crippen LogP contribution in [0.25, 0.3) is 0 Å². The molecule has 0 spiro atoms. The van der Waals surface area contributed by atoms with Crippen molar-refractivity contribution >= 4 is 21.8 Å². The van der Waals surface area contributed by atoms with E-state index in [0.717, 1.165) is 0 Å². The van der Waals surface area contributed by atoms with Crippen LogP contribution in [0.3, 0.4) is 0 Å². The van der Waals surface area contributed by atoms with Gasteiger partial charge in [0.2, 0.25) is 5.91 Å². The van der Waals surface area contributed by atoms with Crippen molar-refractivity contribution in [3.63, 3.8) is 0 Å². The van der Waals surface area contributed by atoms with Crippen LogP contribution in [0.1, 0.15) is 12.0 Å². The van der Waals surface area contributed by atoms with Gasteiger partial charge in [-0.25, -0.2) is 8.78 Å². The molecule has 0 aliphatic heterocycles. The lowest BCUT2D eigenvalue weighted by molar-refractivity contribution is -0.114. The smallest absolute Gasteiger partial charge is 0.244 e. The number of hydrogen-bond donors (Lipinski definition) is 1. The lowest BCUT2D eigenvalue weighted by Crippen LogP contribution is -2.27. The van der Waals surface area contributed by atoms with E-state index in [1.54, 1.807) is 0 Å². The van der Waals surface area contributed by atoms with E-state index in [2.05, 4.69) is 15.9 Å². The van der Waals surface area contributed by atoms with Crippen molar-refractivity contribution in [2.24, 2.45) is 5.73 Å². The molecule has 1 amide bonds. The normalized spacial score (nSPS) is 23.3. The Bertz CT molecular complexity index is 551. The molecule has 94 valence electrons. The van der Waals surface area contributed by atoms with Crippen molar-refractivity contribution in [2.75, 3.05) is 0 Å². The van der Waals surface area contributed by atoms with E-state index in [0.29, 0.717) is 11.1 Å². The quantitative estimate of drug-likeness (QED) is 0.838. The van der Waals surface area contributed by atoms with E-state index in [1.165, 1.54) is 36.4 Å². The number of primary amides is 1. The molecule has 18 heavy (non-hydrogen) atoms. The number of nitrogens with two attached hydrogens (primary N) is 1. The number of halogens is 3. The van der Waals surface area contributed by atoms with Gasteiger partial charge in [-0.15, -0.1) is 0 Å². The molecule has 5 heteroatoms. The fraction of sp³-hybridized carbons (Fsp3) is 0.154. The maximum absolute atomic E-state index is 14.0. The van der Waals surface area contributed by atoms with E-state index in [4.69, 9.17) is 5.73 Å². The molecule has 2 N–H and O–H groups in total. The third kappa shape index (κ3) is 2.22. The molecule has 1 aromatic rings. The molecule has 0 radical (unpaired) electrons. The van der Waals surface area contributed by atoms with Gasteiger partial charge in [-0.2, -0.15) is 0 Å². The first-order valence-corrected chi connectivity index (χ1v) is 6.04. The van der Waals surface area contributed by atoms with Gasteiger partial charge >= 0.3 is 0 Å². The van der Waals surface area contributed by atoms with Crippen LogP contribution in [0.4, 0.5) is 8.78 Å². The summed E-state index contributed by atoms with van der Waals surface area (Å²) in [6.45, 7) is 0. The summed E-state index contributed by atoms with van der Waals surface area (Å²) in [5.41, 5.74) is 6.05. The number of alkyl halides is 1. The maximum atomic E-state index is 14.0. The van der Waals surface area contributed by atoms with Crippen LogP contribution in [-0.2, 0) is 9.12 Å². The molecule has 1 unspecified atom stereocenters. The zero-order valence-corrected chi connectivity index (χ0v) is 10.9. The Morgan fingerprint density at radius 2 is 1.83 bits per heavy atom. The standard InChI is InChI=1S/C13H10BrF2NO/c14-13(9-2-4-10(15)5-3-9)7-8(12(17)18)1-6-11(13)16/h1-6H,7H2,(H2,17,18). The molecule has 0 saturated heterocycles. The second-order valence-corrected chi connectivity index (χ2v) is 5.41. The zero-order valence-electron chi connectivity index (χ0n) is 9.29. The van der Waals surface area contributed by atoms with E-state index in [-0.39, 0.29) is 6.42 Å². The Hall–Kier alpha value is -1.49. The predicted octanol–water partition coefficient (Wildman–Crippen LogP) is 3.08. The van der Waals surface area contributed by atoms with Crippen LogP contribution in [-0.4, -0.2) is 5.91 Å². The molecular formula is C13H10BrF2NO. The summed E-state index contributed by atoms with van der Waals surface area (Å²) < 4.78 is 25.7. The van der Waals surface area contributed by atoms with Crippen molar-refractivity contribution < 1.29 is 13.6 Å². The Labute approximate surface area is 111 Å². The summed E-state index contributed by atoms with van der Waals surface area (Å²) in [5, 5.41) is 0. The third-order valence-corrected chi connectivity index (χ3v) is 3.98. The fourth-order valence-corrected chi connectivity index (χ4v) is 2.53. The second-order valence-electron chi connectivity index (χ2n) is 4.06. The maximum Gasteiger partial charge on any atom is 0.244 e. The monoisotopic (exact) mass is 313 g/mol. The average Bonchev–Trinajstić information content (AvgIpc) is 2.33. The molecule has 0 aromatic heterocycles. The van der Waals surface area contributed by atoms with Gasteiger partial charge in [-0.05, 0) is 23.8 Å². The molecule has 0 heterocycles. The minimum Gasteiger partial charge on any atom is -0.366 e. The Morgan fingerprint density at radius 1 is 1.22 bits per heavy atom. The Kier molecular flexibility index (Phi) is 3.34. The molecule has 1 aliphatic rings. The highest BCUT2D eigenvalue weighted by Gasteiger charge is 2.38. The van der Waals surface area contributed by atoms with Crippen molar-refractivity contribution in [1.29, 1.82) is 0 Å². The van der Waals surface area contributed by atoms with Crippen LogP contribution >= 0.6 is 15.9 Å². The minimum atomic E-state index is -1.15. The summed E-state index contributed by atoms with van der Waals surface area (Å²) in [4.78, 5) is 11.2. The Balaban J connectivity index is 2.43. The van der Waals surface area contributed by atoms with Gasteiger partial charge in [0.1, 0.15) is 16.0 Å². The van der Waals surface area contributed by atoms with Crippen molar-refractivity contribution in [1.82, 2.24) is 0 Å². The summed E-state index contributed by atoms with van der Waals surface area (Å²) >= 11 is 3.29. The van der Waals surface area contributed by atoms with Gasteiger partial charge in [0, 0.05) is 12.0 Å². The minimum absolute atomic E-state index is 0.0936. The van der Waals surface area contributed by atoms with Gasteiger partial charge in [0.15, 0.2) is 0 Å². The average molecular weight is 314 g/mol. The first-order chi connectivity index (χ1) is 8.43. The third-order valence-electron chi connectivity index (χ3n) is 2.86. The van der Waals surface area contributed by atoms with Gasteiger partial charge in [-0.3, -0.25) is 4.79 Å². The van der Waals surface area contributed by atoms with E-state index in [9.17, 15) is 13.6 Å². The van der Waals surface area contributed by atoms with Crippen LogP contribution in [0.2, 0.25) is 0 Å². The first-order valence-electron chi connectivity index (χ1n) is 5.25. The summed E-state index contributed by atoms with van der Waals surface area (Å²) in [5.74, 6) is -1.44. The second kappa shape index (κ2) is 4.65. The van der Waals surface area contributed by atoms with Crippen LogP contribution in [0.15, 0.2) is 47.8 Å². The topological polar surface area (TPSA) is 43.1 Å². The molecule has 2 rings (SSSR count). The first kappa shape index (κ1) is 13.0. The highest BCUT2D eigenvalue weighted by molar-refractivity contribution is 9.09. The van der Waals surface area contributed by atoms with Crippen molar-refractivity contribution in [3.8, 4) is 0 Å². The highest BCUT2D eigenvalue weighted by Crippen LogP contribution is 2.46. The number of benzene rings is 1. The largest absolute Gasteiger partial charge is 0.366 e. The predicted molar refractivity (Wildman–Crippen MR) is 68.1 cm³/mol. The van der Waals surface area contributed by atoms with Gasteiger partial charge in [0.25, 0.3) is 0 Å². The molecule has 2 nitrogen and oxygen atoms in total. The molecule has 0 fully saturated rings. The molecule has 1 atom stereocenters. The summed E-state index contributed by atoms with van der Waals surface area (Å²) in [7, 11) is 0. The number of carbonyl (C=O) groups is 1. The highest BCUT2D eigenvalue weighted by atomic mass is 79.9. The fourth-order valence-electron chi connectivity index (χ4n) is 1.83. The SMILES string of the molecule is NC(=O)C1=CC=C(F)C(Br)(c2ccc(F)cc2)C1. The van der Waals surface area contributed by atoms with E-state index in [1.807, 2.05) is 0 Å². The lowest BCUT2D eigenvalue weighted by Gasteiger charge is -2.29. The van der Waals surface area contributed by atoms with Gasteiger partial charge < -0.3 is 5.73 Å². The van der Waals surface area contributed by atoms with Crippen molar-refractivity contribution in [2.45, 2.75) is 10.7 Å². The van der Waals surface area contributed by atoms with Gasteiger partial charge in [0.05, 0.1) is 0 Å². The molecule has 0 bridgehead atoms. The van der Waals surface area contributed by atoms with E-state index >= 15 is 0 Å². The Morgan fingerprint density at radius 3 is 2.39 bits per heavy atom. The number of rotatable bonds is 2. The number of hydrogen-bond acceptors (Lipinski definition) is 1. The summed E-state index contributed by atoms with van der Waals surface area (Å²) in [6.07, 6.45) is 2.65. The summed E-state index contributed by atoms with van der Waals surface area (Å²) in [6, 6.07) is 5.44. The number of allylic oxidation sites excluding steroid dienone is 3. The van der Waals surface area contributed by atoms with Crippen LogP contribution in [0.5, 0.6) is 0 Å². The molecule has 1 aliphatic carbocycles. The lowest BCUT2D eigenvalue weighted by atomic mass is 9.86.